The van der Waals surface area contributed by atoms with Crippen molar-refractivity contribution in [3.63, 3.8) is 0 Å². The van der Waals surface area contributed by atoms with Crippen LogP contribution in [-0.2, 0) is 6.42 Å². The fourth-order valence-electron chi connectivity index (χ4n) is 2.09. The molecule has 1 aliphatic carbocycles. The van der Waals surface area contributed by atoms with Gasteiger partial charge in [-0.15, -0.1) is 0 Å². The number of aliphatic hydroxyl groups excluding tert-OH is 1. The Balaban J connectivity index is 2.25. The van der Waals surface area contributed by atoms with Crippen LogP contribution < -0.4 is 5.84 Å². The van der Waals surface area contributed by atoms with Gasteiger partial charge in [0.15, 0.2) is 0 Å². The molecule has 76 valence electrons. The van der Waals surface area contributed by atoms with Crippen molar-refractivity contribution >= 4 is 0 Å². The predicted molar refractivity (Wildman–Crippen MR) is 55.5 cm³/mol. The van der Waals surface area contributed by atoms with Crippen molar-refractivity contribution in [2.45, 2.75) is 25.5 Å². The lowest BCUT2D eigenvalue weighted by molar-refractivity contribution is 0.0638. The largest absolute Gasteiger partial charge is 0.387 e. The number of aliphatic hydroxyl groups is 1. The number of rotatable bonds is 2. The Morgan fingerprint density at radius 3 is 2.86 bits per heavy atom. The van der Waals surface area contributed by atoms with Crippen LogP contribution in [0, 0.1) is 0 Å². The summed E-state index contributed by atoms with van der Waals surface area (Å²) in [5.74, 6) is 5.82. The third-order valence-electron chi connectivity index (χ3n) is 2.96. The van der Waals surface area contributed by atoms with Crippen LogP contribution in [0.3, 0.4) is 0 Å². The molecule has 14 heavy (non-hydrogen) atoms. The number of likely N-dealkylation sites (N-methyl/N-ethyl adjacent to an activating group) is 1. The second-order valence-corrected chi connectivity index (χ2v) is 3.75. The van der Waals surface area contributed by atoms with E-state index >= 15 is 0 Å². The van der Waals surface area contributed by atoms with Crippen LogP contribution in [0.25, 0.3) is 0 Å². The maximum Gasteiger partial charge on any atom is 0.0964 e. The Hall–Kier alpha value is -0.900. The molecular formula is C11H16N2O. The summed E-state index contributed by atoms with van der Waals surface area (Å²) >= 11 is 0. The smallest absolute Gasteiger partial charge is 0.0964 e. The number of fused-ring (bicyclic) bond motifs is 1. The van der Waals surface area contributed by atoms with E-state index in [1.807, 2.05) is 25.1 Å². The molecule has 0 saturated heterocycles. The van der Waals surface area contributed by atoms with Crippen molar-refractivity contribution in [2.24, 2.45) is 5.84 Å². The summed E-state index contributed by atoms with van der Waals surface area (Å²) < 4.78 is 0. The molecule has 2 atom stereocenters. The van der Waals surface area contributed by atoms with E-state index in [4.69, 9.17) is 5.84 Å². The molecule has 0 radical (unpaired) electrons. The molecule has 0 aromatic heterocycles. The van der Waals surface area contributed by atoms with Crippen LogP contribution in [0.4, 0.5) is 0 Å². The Morgan fingerprint density at radius 1 is 1.50 bits per heavy atom. The number of nitrogens with zero attached hydrogens (tertiary/aromatic N) is 1. The summed E-state index contributed by atoms with van der Waals surface area (Å²) in [6.07, 6.45) is 0.415. The minimum atomic E-state index is -0.434. The molecule has 1 aromatic carbocycles. The maximum atomic E-state index is 10.0. The summed E-state index contributed by atoms with van der Waals surface area (Å²) in [7, 11) is 0. The van der Waals surface area contributed by atoms with E-state index < -0.39 is 6.10 Å². The van der Waals surface area contributed by atoms with Crippen molar-refractivity contribution in [1.29, 1.82) is 0 Å². The van der Waals surface area contributed by atoms with Gasteiger partial charge < -0.3 is 5.11 Å². The predicted octanol–water partition coefficient (Wildman–Crippen LogP) is 0.840. The van der Waals surface area contributed by atoms with Crippen LogP contribution in [0.1, 0.15) is 24.2 Å². The lowest BCUT2D eigenvalue weighted by atomic mass is 10.1. The molecule has 2 rings (SSSR count). The third-order valence-corrected chi connectivity index (χ3v) is 2.96. The molecule has 3 nitrogen and oxygen atoms in total. The van der Waals surface area contributed by atoms with Gasteiger partial charge in [0.1, 0.15) is 0 Å². The Labute approximate surface area is 84.1 Å². The molecule has 1 aromatic rings. The average Bonchev–Trinajstić information content (AvgIpc) is 2.56. The summed E-state index contributed by atoms with van der Waals surface area (Å²) in [6, 6.07) is 8.03. The first kappa shape index (κ1) is 9.65. The summed E-state index contributed by atoms with van der Waals surface area (Å²) in [6.45, 7) is 2.76. The number of nitrogens with two attached hydrogens (primary N) is 1. The topological polar surface area (TPSA) is 49.5 Å². The fraction of sp³-hybridized carbons (Fsp3) is 0.455. The summed E-state index contributed by atoms with van der Waals surface area (Å²) in [4.78, 5) is 0. The Kier molecular flexibility index (Phi) is 2.54. The molecule has 0 amide bonds. The molecule has 0 fully saturated rings. The quantitative estimate of drug-likeness (QED) is 0.539. The summed E-state index contributed by atoms with van der Waals surface area (Å²) in [5.41, 5.74) is 2.25. The lowest BCUT2D eigenvalue weighted by Gasteiger charge is -2.24. The lowest BCUT2D eigenvalue weighted by Crippen LogP contribution is -2.43. The average molecular weight is 192 g/mol. The van der Waals surface area contributed by atoms with E-state index in [1.165, 1.54) is 5.56 Å². The third kappa shape index (κ3) is 1.43. The van der Waals surface area contributed by atoms with Gasteiger partial charge in [0.25, 0.3) is 0 Å². The van der Waals surface area contributed by atoms with Gasteiger partial charge in [0.05, 0.1) is 12.1 Å². The minimum absolute atomic E-state index is 0.0393. The van der Waals surface area contributed by atoms with E-state index in [9.17, 15) is 5.11 Å². The van der Waals surface area contributed by atoms with Crippen LogP contribution >= 0.6 is 0 Å². The van der Waals surface area contributed by atoms with Gasteiger partial charge in [-0.05, 0) is 17.5 Å². The zero-order chi connectivity index (χ0) is 10.1. The van der Waals surface area contributed by atoms with Gasteiger partial charge >= 0.3 is 0 Å². The molecule has 3 N–H and O–H groups in total. The molecule has 0 unspecified atom stereocenters. The first-order chi connectivity index (χ1) is 6.74. The highest BCUT2D eigenvalue weighted by Crippen LogP contribution is 2.32. The van der Waals surface area contributed by atoms with Crippen LogP contribution in [0.2, 0.25) is 0 Å². The number of hydrazine groups is 1. The van der Waals surface area contributed by atoms with Gasteiger partial charge in [0.2, 0.25) is 0 Å². The highest BCUT2D eigenvalue weighted by atomic mass is 16.3. The van der Waals surface area contributed by atoms with Crippen LogP contribution in [0.5, 0.6) is 0 Å². The number of hydrogen-bond donors (Lipinski definition) is 2. The number of hydrogen-bond acceptors (Lipinski definition) is 3. The summed E-state index contributed by atoms with van der Waals surface area (Å²) in [5, 5.41) is 11.7. The minimum Gasteiger partial charge on any atom is -0.387 e. The highest BCUT2D eigenvalue weighted by Gasteiger charge is 2.32. The molecule has 1 aliphatic rings. The van der Waals surface area contributed by atoms with Crippen LogP contribution in [-0.4, -0.2) is 22.7 Å². The van der Waals surface area contributed by atoms with E-state index in [1.54, 1.807) is 5.01 Å². The van der Waals surface area contributed by atoms with Gasteiger partial charge in [-0.3, -0.25) is 5.84 Å². The van der Waals surface area contributed by atoms with Crippen molar-refractivity contribution in [2.75, 3.05) is 6.54 Å². The zero-order valence-electron chi connectivity index (χ0n) is 8.35. The monoisotopic (exact) mass is 192 g/mol. The SMILES string of the molecule is CCN(N)[C@@H]1Cc2ccccc2[C@H]1O. The first-order valence-corrected chi connectivity index (χ1v) is 5.01. The standard InChI is InChI=1S/C11H16N2O/c1-2-13(12)10-7-8-5-3-4-6-9(8)11(10)14/h3-6,10-11,14H,2,7,12H2,1H3/t10-,11-/m1/s1. The van der Waals surface area contributed by atoms with Crippen molar-refractivity contribution in [1.82, 2.24) is 5.01 Å². The fourth-order valence-corrected chi connectivity index (χ4v) is 2.09. The molecule has 0 spiro atoms. The molecular weight excluding hydrogens is 176 g/mol. The Bertz CT molecular complexity index is 327. The van der Waals surface area contributed by atoms with Gasteiger partial charge in [-0.2, -0.15) is 0 Å². The van der Waals surface area contributed by atoms with Crippen LogP contribution in [0.15, 0.2) is 24.3 Å². The Morgan fingerprint density at radius 2 is 2.21 bits per heavy atom. The maximum absolute atomic E-state index is 10.0. The van der Waals surface area contributed by atoms with E-state index in [2.05, 4.69) is 6.07 Å². The van der Waals surface area contributed by atoms with Gasteiger partial charge in [-0.25, -0.2) is 5.01 Å². The molecule has 0 heterocycles. The van der Waals surface area contributed by atoms with E-state index in [0.29, 0.717) is 0 Å². The first-order valence-electron chi connectivity index (χ1n) is 5.01. The second-order valence-electron chi connectivity index (χ2n) is 3.75. The van der Waals surface area contributed by atoms with E-state index in [-0.39, 0.29) is 6.04 Å². The van der Waals surface area contributed by atoms with Gasteiger partial charge in [0, 0.05) is 6.54 Å². The van der Waals surface area contributed by atoms with E-state index in [0.717, 1.165) is 18.5 Å². The molecule has 0 bridgehead atoms. The van der Waals surface area contributed by atoms with Crippen molar-refractivity contribution < 1.29 is 5.11 Å². The molecule has 3 heteroatoms. The van der Waals surface area contributed by atoms with Crippen molar-refractivity contribution in [3.05, 3.63) is 35.4 Å². The van der Waals surface area contributed by atoms with Gasteiger partial charge in [-0.1, -0.05) is 31.2 Å². The second kappa shape index (κ2) is 3.69. The number of benzene rings is 1. The zero-order valence-corrected chi connectivity index (χ0v) is 8.35. The molecule has 0 saturated carbocycles. The van der Waals surface area contributed by atoms with Crippen molar-refractivity contribution in [3.8, 4) is 0 Å². The molecule has 0 aliphatic heterocycles. The normalized spacial score (nSPS) is 25.4. The highest BCUT2D eigenvalue weighted by molar-refractivity contribution is 5.35.